The van der Waals surface area contributed by atoms with Crippen LogP contribution < -0.4 is 0 Å². The van der Waals surface area contributed by atoms with E-state index in [9.17, 15) is 9.59 Å². The molecule has 1 aliphatic heterocycles. The molecular formula is C14H23NO4. The normalized spacial score (nSPS) is 28.9. The molecule has 1 aliphatic carbocycles. The molecule has 1 heterocycles. The van der Waals surface area contributed by atoms with E-state index >= 15 is 0 Å². The fraction of sp³-hybridized carbons (Fsp3) is 0.857. The summed E-state index contributed by atoms with van der Waals surface area (Å²) in [5.74, 6) is -1.01. The van der Waals surface area contributed by atoms with Gasteiger partial charge in [-0.15, -0.1) is 0 Å². The fourth-order valence-corrected chi connectivity index (χ4v) is 3.05. The molecule has 0 aromatic rings. The number of nitrogens with zero attached hydrogens (tertiary/aromatic N) is 1. The largest absolute Gasteiger partial charge is 0.479 e. The Morgan fingerprint density at radius 2 is 1.58 bits per heavy atom. The number of carboxylic acid groups (broad SMARTS) is 1. The van der Waals surface area contributed by atoms with E-state index in [0.29, 0.717) is 18.9 Å². The summed E-state index contributed by atoms with van der Waals surface area (Å²) in [6.45, 7) is 0. The quantitative estimate of drug-likeness (QED) is 0.793. The molecule has 5 heteroatoms. The zero-order valence-electron chi connectivity index (χ0n) is 11.5. The number of hydrogen-bond acceptors (Lipinski definition) is 3. The molecular weight excluding hydrogens is 246 g/mol. The van der Waals surface area contributed by atoms with Crippen molar-refractivity contribution in [2.45, 2.75) is 69.6 Å². The van der Waals surface area contributed by atoms with Crippen LogP contribution in [-0.4, -0.2) is 47.2 Å². The van der Waals surface area contributed by atoms with Gasteiger partial charge in [0.1, 0.15) is 6.10 Å². The molecule has 2 aliphatic rings. The van der Waals surface area contributed by atoms with Gasteiger partial charge in [0.05, 0.1) is 0 Å². The maximum absolute atomic E-state index is 12.3. The maximum Gasteiger partial charge on any atom is 0.332 e. The van der Waals surface area contributed by atoms with Crippen LogP contribution >= 0.6 is 0 Å². The minimum Gasteiger partial charge on any atom is -0.479 e. The first-order valence-corrected chi connectivity index (χ1v) is 7.24. The van der Waals surface area contributed by atoms with Gasteiger partial charge in [0.2, 0.25) is 0 Å². The van der Waals surface area contributed by atoms with E-state index in [2.05, 4.69) is 0 Å². The monoisotopic (exact) mass is 269 g/mol. The summed E-state index contributed by atoms with van der Waals surface area (Å²) in [6.07, 6.45) is 6.54. The van der Waals surface area contributed by atoms with Gasteiger partial charge in [0.25, 0.3) is 5.91 Å². The van der Waals surface area contributed by atoms with E-state index in [1.165, 1.54) is 25.7 Å². The highest BCUT2D eigenvalue weighted by Gasteiger charge is 2.37. The van der Waals surface area contributed by atoms with Gasteiger partial charge in [-0.25, -0.2) is 4.79 Å². The molecule has 108 valence electrons. The second-order valence-electron chi connectivity index (χ2n) is 5.62. The van der Waals surface area contributed by atoms with Crippen molar-refractivity contribution in [2.24, 2.45) is 0 Å². The molecule has 0 bridgehead atoms. The topological polar surface area (TPSA) is 66.8 Å². The van der Waals surface area contributed by atoms with Crippen LogP contribution in [0.4, 0.5) is 0 Å². The fourth-order valence-electron chi connectivity index (χ4n) is 3.05. The van der Waals surface area contributed by atoms with Gasteiger partial charge < -0.3 is 14.7 Å². The molecule has 2 atom stereocenters. The third-order valence-corrected chi connectivity index (χ3v) is 4.29. The van der Waals surface area contributed by atoms with Gasteiger partial charge in [-0.1, -0.05) is 25.7 Å². The number of likely N-dealkylation sites (N-methyl/N-ethyl adjacent to an activating group) is 1. The Balaban J connectivity index is 1.90. The van der Waals surface area contributed by atoms with E-state index in [1.807, 2.05) is 7.05 Å². The summed E-state index contributed by atoms with van der Waals surface area (Å²) in [4.78, 5) is 25.0. The summed E-state index contributed by atoms with van der Waals surface area (Å²) in [7, 11) is 1.83. The molecule has 19 heavy (non-hydrogen) atoms. The Kier molecular flexibility index (Phi) is 4.80. The zero-order chi connectivity index (χ0) is 13.8. The van der Waals surface area contributed by atoms with Crippen molar-refractivity contribution in [3.63, 3.8) is 0 Å². The van der Waals surface area contributed by atoms with Gasteiger partial charge >= 0.3 is 5.97 Å². The first-order chi connectivity index (χ1) is 9.09. The number of ether oxygens (including phenoxy) is 1. The van der Waals surface area contributed by atoms with E-state index in [0.717, 1.165) is 12.8 Å². The van der Waals surface area contributed by atoms with Gasteiger partial charge in [-0.3, -0.25) is 4.79 Å². The number of rotatable bonds is 3. The Hall–Kier alpha value is -1.10. The molecule has 0 radical (unpaired) electrons. The van der Waals surface area contributed by atoms with Crippen molar-refractivity contribution in [2.75, 3.05) is 7.05 Å². The van der Waals surface area contributed by atoms with Gasteiger partial charge in [0.15, 0.2) is 6.10 Å². The van der Waals surface area contributed by atoms with Crippen molar-refractivity contribution in [3.8, 4) is 0 Å². The van der Waals surface area contributed by atoms with Crippen LogP contribution in [0, 0.1) is 0 Å². The lowest BCUT2D eigenvalue weighted by atomic mass is 10.1. The molecule has 1 saturated carbocycles. The third-order valence-electron chi connectivity index (χ3n) is 4.29. The van der Waals surface area contributed by atoms with Crippen LogP contribution in [-0.2, 0) is 14.3 Å². The predicted octanol–water partition coefficient (Wildman–Crippen LogP) is 1.80. The molecule has 2 rings (SSSR count). The van der Waals surface area contributed by atoms with Crippen LogP contribution in [0.15, 0.2) is 0 Å². The zero-order valence-corrected chi connectivity index (χ0v) is 11.5. The second-order valence-corrected chi connectivity index (χ2v) is 5.62. The number of amides is 1. The van der Waals surface area contributed by atoms with E-state index < -0.39 is 18.2 Å². The molecule has 2 fully saturated rings. The smallest absolute Gasteiger partial charge is 0.332 e. The molecule has 5 nitrogen and oxygen atoms in total. The lowest BCUT2D eigenvalue weighted by Gasteiger charge is -2.29. The van der Waals surface area contributed by atoms with Crippen molar-refractivity contribution < 1.29 is 19.4 Å². The number of carbonyl (C=O) groups is 2. The van der Waals surface area contributed by atoms with Crippen LogP contribution in [0.5, 0.6) is 0 Å². The average Bonchev–Trinajstić information content (AvgIpc) is 2.73. The minimum absolute atomic E-state index is 0.0457. The molecule has 0 aromatic carbocycles. The Morgan fingerprint density at radius 3 is 2.11 bits per heavy atom. The highest BCUT2D eigenvalue weighted by atomic mass is 16.5. The minimum atomic E-state index is -0.965. The molecule has 0 aromatic heterocycles. The highest BCUT2D eigenvalue weighted by molar-refractivity contribution is 5.82. The van der Waals surface area contributed by atoms with Crippen LogP contribution in [0.25, 0.3) is 0 Å². The van der Waals surface area contributed by atoms with E-state index in [-0.39, 0.29) is 5.91 Å². The Labute approximate surface area is 113 Å². The van der Waals surface area contributed by atoms with Gasteiger partial charge in [-0.2, -0.15) is 0 Å². The van der Waals surface area contributed by atoms with Crippen molar-refractivity contribution in [1.82, 2.24) is 4.90 Å². The number of hydrogen-bond donors (Lipinski definition) is 1. The van der Waals surface area contributed by atoms with E-state index in [4.69, 9.17) is 9.84 Å². The number of carbonyl (C=O) groups excluding carboxylic acids is 1. The summed E-state index contributed by atoms with van der Waals surface area (Å²) in [6, 6.07) is 0.294. The molecule has 1 saturated heterocycles. The summed E-state index contributed by atoms with van der Waals surface area (Å²) in [5.41, 5.74) is 0. The summed E-state index contributed by atoms with van der Waals surface area (Å²) < 4.78 is 5.34. The van der Waals surface area contributed by atoms with Crippen LogP contribution in [0.3, 0.4) is 0 Å². The summed E-state index contributed by atoms with van der Waals surface area (Å²) in [5, 5.41) is 8.89. The third kappa shape index (κ3) is 3.47. The number of aliphatic carboxylic acids is 1. The first-order valence-electron chi connectivity index (χ1n) is 7.24. The highest BCUT2D eigenvalue weighted by Crippen LogP contribution is 2.25. The predicted molar refractivity (Wildman–Crippen MR) is 69.8 cm³/mol. The molecule has 1 amide bonds. The standard InChI is InChI=1S/C14H23NO4/c1-15(10-6-4-2-3-5-7-10)13(16)11-8-9-12(19-11)14(17)18/h10-12H,2-9H2,1H3,(H,17,18)/t11-,12+/m0/s1. The second kappa shape index (κ2) is 6.37. The first kappa shape index (κ1) is 14.3. The molecule has 0 unspecified atom stereocenters. The maximum atomic E-state index is 12.3. The van der Waals surface area contributed by atoms with Crippen LogP contribution in [0.2, 0.25) is 0 Å². The van der Waals surface area contributed by atoms with Crippen molar-refractivity contribution in [3.05, 3.63) is 0 Å². The Bertz CT molecular complexity index is 336. The number of carboxylic acids is 1. The molecule has 0 spiro atoms. The summed E-state index contributed by atoms with van der Waals surface area (Å²) >= 11 is 0. The average molecular weight is 269 g/mol. The van der Waals surface area contributed by atoms with E-state index in [1.54, 1.807) is 4.90 Å². The van der Waals surface area contributed by atoms with Crippen LogP contribution in [0.1, 0.15) is 51.4 Å². The lowest BCUT2D eigenvalue weighted by molar-refractivity contribution is -0.155. The van der Waals surface area contributed by atoms with Gasteiger partial charge in [-0.05, 0) is 25.7 Å². The lowest BCUT2D eigenvalue weighted by Crippen LogP contribution is -2.43. The SMILES string of the molecule is CN(C(=O)[C@@H]1CC[C@H](C(=O)O)O1)C1CCCCCC1. The molecule has 1 N–H and O–H groups in total. The van der Waals surface area contributed by atoms with Crippen molar-refractivity contribution >= 4 is 11.9 Å². The Morgan fingerprint density at radius 1 is 1.00 bits per heavy atom. The van der Waals surface area contributed by atoms with Crippen molar-refractivity contribution in [1.29, 1.82) is 0 Å². The van der Waals surface area contributed by atoms with Gasteiger partial charge in [0, 0.05) is 13.1 Å².